The van der Waals surface area contributed by atoms with E-state index in [2.05, 4.69) is 13.8 Å². The number of Topliss-reactive ketones (excluding diaryl/α,β-unsaturated/α-hetero) is 1. The largest absolute Gasteiger partial charge is 0.299 e. The molecular weight excluding hydrogens is 273 g/mol. The van der Waals surface area contributed by atoms with Crippen LogP contribution in [0.4, 0.5) is 10.1 Å². The van der Waals surface area contributed by atoms with Crippen LogP contribution in [-0.4, -0.2) is 10.7 Å². The number of hydrogen-bond donors (Lipinski definition) is 0. The minimum atomic E-state index is -0.622. The van der Waals surface area contributed by atoms with Crippen LogP contribution in [0.25, 0.3) is 0 Å². The molecule has 114 valence electrons. The van der Waals surface area contributed by atoms with E-state index < -0.39 is 10.7 Å². The third-order valence-electron chi connectivity index (χ3n) is 4.38. The predicted octanol–water partition coefficient (Wildman–Crippen LogP) is 3.92. The van der Waals surface area contributed by atoms with Crippen LogP contribution >= 0.6 is 0 Å². The Hall–Kier alpha value is -1.78. The lowest BCUT2D eigenvalue weighted by molar-refractivity contribution is -0.385. The molecule has 0 amide bonds. The van der Waals surface area contributed by atoms with Crippen molar-refractivity contribution in [1.29, 1.82) is 0 Å². The molecule has 2 atom stereocenters. The van der Waals surface area contributed by atoms with Gasteiger partial charge in [0.05, 0.1) is 11.0 Å². The number of nitrogens with zero attached hydrogens (tertiary/aromatic N) is 1. The van der Waals surface area contributed by atoms with Crippen molar-refractivity contribution < 1.29 is 14.1 Å². The standard InChI is InChI=1S/C16H20FNO3/c1-10(2)12-3-4-16(19)13(8-12)5-11-6-14(17)9-15(7-11)18(20)21/h6-7,9-10,12-13H,3-5,8H2,1-2H3. The number of carbonyl (C=O) groups is 1. The van der Waals surface area contributed by atoms with Crippen molar-refractivity contribution in [2.45, 2.75) is 39.5 Å². The van der Waals surface area contributed by atoms with Gasteiger partial charge in [0.25, 0.3) is 5.69 Å². The first kappa shape index (κ1) is 15.6. The van der Waals surface area contributed by atoms with Gasteiger partial charge in [-0.2, -0.15) is 0 Å². The number of nitro benzene ring substituents is 1. The first-order valence-corrected chi connectivity index (χ1v) is 7.33. The Balaban J connectivity index is 2.16. The van der Waals surface area contributed by atoms with Crippen LogP contribution in [0.3, 0.4) is 0 Å². The van der Waals surface area contributed by atoms with Gasteiger partial charge in [-0.15, -0.1) is 0 Å². The second-order valence-electron chi connectivity index (χ2n) is 6.22. The number of benzene rings is 1. The average molecular weight is 293 g/mol. The molecule has 0 spiro atoms. The predicted molar refractivity (Wildman–Crippen MR) is 77.4 cm³/mol. The lowest BCUT2D eigenvalue weighted by Gasteiger charge is -2.30. The molecule has 0 heterocycles. The summed E-state index contributed by atoms with van der Waals surface area (Å²) in [6.07, 6.45) is 2.66. The van der Waals surface area contributed by atoms with Crippen LogP contribution in [0.5, 0.6) is 0 Å². The molecule has 0 saturated heterocycles. The van der Waals surface area contributed by atoms with Crippen molar-refractivity contribution in [1.82, 2.24) is 0 Å². The molecule has 1 aliphatic rings. The van der Waals surface area contributed by atoms with Gasteiger partial charge in [-0.25, -0.2) is 4.39 Å². The Kier molecular flexibility index (Phi) is 4.70. The van der Waals surface area contributed by atoms with Crippen molar-refractivity contribution >= 4 is 11.5 Å². The molecule has 1 aliphatic carbocycles. The van der Waals surface area contributed by atoms with E-state index in [9.17, 15) is 19.3 Å². The third kappa shape index (κ3) is 3.86. The SMILES string of the molecule is CC(C)C1CCC(=O)C(Cc2cc(F)cc([N+](=O)[O-])c2)C1. The molecule has 0 N–H and O–H groups in total. The van der Waals surface area contributed by atoms with E-state index in [0.29, 0.717) is 30.2 Å². The van der Waals surface area contributed by atoms with Crippen molar-refractivity contribution in [3.63, 3.8) is 0 Å². The van der Waals surface area contributed by atoms with E-state index in [1.807, 2.05) is 0 Å². The average Bonchev–Trinajstić information content (AvgIpc) is 2.40. The Bertz CT molecular complexity index is 556. The molecule has 21 heavy (non-hydrogen) atoms. The molecule has 0 aliphatic heterocycles. The van der Waals surface area contributed by atoms with Gasteiger partial charge in [0.15, 0.2) is 0 Å². The Morgan fingerprint density at radius 2 is 2.10 bits per heavy atom. The summed E-state index contributed by atoms with van der Waals surface area (Å²) in [4.78, 5) is 22.2. The Morgan fingerprint density at radius 3 is 2.71 bits per heavy atom. The molecule has 1 aromatic rings. The van der Waals surface area contributed by atoms with Crippen LogP contribution in [0.2, 0.25) is 0 Å². The molecule has 2 rings (SSSR count). The molecule has 0 aromatic heterocycles. The molecule has 1 aromatic carbocycles. The van der Waals surface area contributed by atoms with E-state index in [1.54, 1.807) is 0 Å². The second-order valence-corrected chi connectivity index (χ2v) is 6.22. The van der Waals surface area contributed by atoms with Gasteiger partial charge in [0, 0.05) is 18.4 Å². The van der Waals surface area contributed by atoms with Crippen molar-refractivity contribution in [3.8, 4) is 0 Å². The summed E-state index contributed by atoms with van der Waals surface area (Å²) in [6.45, 7) is 4.29. The molecule has 0 radical (unpaired) electrons. The maximum atomic E-state index is 13.5. The smallest absolute Gasteiger partial charge is 0.272 e. The van der Waals surface area contributed by atoms with Crippen molar-refractivity contribution in [2.75, 3.05) is 0 Å². The van der Waals surface area contributed by atoms with Gasteiger partial charge in [-0.3, -0.25) is 14.9 Å². The topological polar surface area (TPSA) is 60.2 Å². The number of rotatable bonds is 4. The number of non-ortho nitro benzene ring substituents is 1. The van der Waals surface area contributed by atoms with Crippen LogP contribution in [0.1, 0.15) is 38.7 Å². The summed E-state index contributed by atoms with van der Waals surface area (Å²) in [6, 6.07) is 3.57. The fourth-order valence-electron chi connectivity index (χ4n) is 3.09. The van der Waals surface area contributed by atoms with Crippen LogP contribution in [0.15, 0.2) is 18.2 Å². The summed E-state index contributed by atoms with van der Waals surface area (Å²) in [5.41, 5.74) is 0.276. The molecule has 1 saturated carbocycles. The summed E-state index contributed by atoms with van der Waals surface area (Å²) >= 11 is 0. The molecule has 2 unspecified atom stereocenters. The number of ketones is 1. The van der Waals surface area contributed by atoms with Crippen LogP contribution in [0, 0.1) is 33.7 Å². The minimum Gasteiger partial charge on any atom is -0.299 e. The fraction of sp³-hybridized carbons (Fsp3) is 0.562. The quantitative estimate of drug-likeness (QED) is 0.624. The van der Waals surface area contributed by atoms with Gasteiger partial charge < -0.3 is 0 Å². The normalized spacial score (nSPS) is 22.6. The highest BCUT2D eigenvalue weighted by Gasteiger charge is 2.30. The summed E-state index contributed by atoms with van der Waals surface area (Å²) in [5.74, 6) is 0.438. The zero-order chi connectivity index (χ0) is 15.6. The number of hydrogen-bond acceptors (Lipinski definition) is 3. The lowest BCUT2D eigenvalue weighted by atomic mass is 9.73. The fourth-order valence-corrected chi connectivity index (χ4v) is 3.09. The lowest BCUT2D eigenvalue weighted by Crippen LogP contribution is -2.29. The van der Waals surface area contributed by atoms with Gasteiger partial charge in [-0.05, 0) is 42.7 Å². The minimum absolute atomic E-state index is 0.146. The molecule has 5 heteroatoms. The van der Waals surface area contributed by atoms with E-state index in [-0.39, 0.29) is 17.4 Å². The van der Waals surface area contributed by atoms with E-state index in [0.717, 1.165) is 18.9 Å². The van der Waals surface area contributed by atoms with Crippen LogP contribution in [-0.2, 0) is 11.2 Å². The van der Waals surface area contributed by atoms with Gasteiger partial charge in [0.2, 0.25) is 0 Å². The number of nitro groups is 1. The highest BCUT2D eigenvalue weighted by Crippen LogP contribution is 2.34. The molecule has 4 nitrogen and oxygen atoms in total. The van der Waals surface area contributed by atoms with Crippen LogP contribution < -0.4 is 0 Å². The highest BCUT2D eigenvalue weighted by molar-refractivity contribution is 5.82. The highest BCUT2D eigenvalue weighted by atomic mass is 19.1. The monoisotopic (exact) mass is 293 g/mol. The first-order chi connectivity index (χ1) is 9.86. The maximum Gasteiger partial charge on any atom is 0.272 e. The van der Waals surface area contributed by atoms with Crippen molar-refractivity contribution in [2.24, 2.45) is 17.8 Å². The van der Waals surface area contributed by atoms with Gasteiger partial charge in [-0.1, -0.05) is 13.8 Å². The summed E-state index contributed by atoms with van der Waals surface area (Å²) < 4.78 is 13.5. The van der Waals surface area contributed by atoms with E-state index in [4.69, 9.17) is 0 Å². The number of carbonyl (C=O) groups excluding carboxylic acids is 1. The zero-order valence-corrected chi connectivity index (χ0v) is 12.3. The molecule has 1 fully saturated rings. The Morgan fingerprint density at radius 1 is 1.38 bits per heavy atom. The molecule has 0 bridgehead atoms. The zero-order valence-electron chi connectivity index (χ0n) is 12.3. The second kappa shape index (κ2) is 6.33. The first-order valence-electron chi connectivity index (χ1n) is 7.33. The van der Waals surface area contributed by atoms with Gasteiger partial charge in [0.1, 0.15) is 11.6 Å². The van der Waals surface area contributed by atoms with E-state index in [1.165, 1.54) is 12.1 Å². The van der Waals surface area contributed by atoms with Crippen molar-refractivity contribution in [3.05, 3.63) is 39.7 Å². The summed E-state index contributed by atoms with van der Waals surface area (Å²) in [7, 11) is 0. The Labute approximate surface area is 123 Å². The molecular formula is C16H20FNO3. The maximum absolute atomic E-state index is 13.5. The number of halogens is 1. The third-order valence-corrected chi connectivity index (χ3v) is 4.38. The summed E-state index contributed by atoms with van der Waals surface area (Å²) in [5, 5.41) is 10.8. The van der Waals surface area contributed by atoms with Gasteiger partial charge >= 0.3 is 0 Å². The van der Waals surface area contributed by atoms with E-state index >= 15 is 0 Å².